The molecule has 1 aromatic heterocycles. The van der Waals surface area contributed by atoms with E-state index in [-0.39, 0.29) is 5.69 Å². The molecule has 1 heterocycles. The lowest BCUT2D eigenvalue weighted by Gasteiger charge is -2.04. The van der Waals surface area contributed by atoms with E-state index in [0.717, 1.165) is 0 Å². The number of rotatable bonds is 5. The molecule has 0 atom stereocenters. The SMILES string of the molecule is COc1ccccc1-c1cc(C(=O)Nc2ccc(C(N)=O)cc2)no1. The van der Waals surface area contributed by atoms with E-state index in [1.54, 1.807) is 25.3 Å². The standard InChI is InChI=1S/C18H15N3O4/c1-24-15-5-3-2-4-13(15)16-10-14(21-25-16)18(23)20-12-8-6-11(7-9-12)17(19)22/h2-10H,1H3,(H2,19,22)(H,20,23). The summed E-state index contributed by atoms with van der Waals surface area (Å²) in [5.74, 6) is 0.0758. The molecule has 0 fully saturated rings. The highest BCUT2D eigenvalue weighted by atomic mass is 16.5. The van der Waals surface area contributed by atoms with Crippen LogP contribution in [-0.4, -0.2) is 24.1 Å². The Labute approximate surface area is 143 Å². The minimum Gasteiger partial charge on any atom is -0.496 e. The monoisotopic (exact) mass is 337 g/mol. The van der Waals surface area contributed by atoms with E-state index >= 15 is 0 Å². The zero-order chi connectivity index (χ0) is 17.8. The molecule has 3 N–H and O–H groups in total. The Balaban J connectivity index is 1.77. The smallest absolute Gasteiger partial charge is 0.277 e. The summed E-state index contributed by atoms with van der Waals surface area (Å²) in [5.41, 5.74) is 6.87. The molecular formula is C18H15N3O4. The predicted octanol–water partition coefficient (Wildman–Crippen LogP) is 2.70. The molecule has 0 radical (unpaired) electrons. The van der Waals surface area contributed by atoms with Crippen LogP contribution in [0, 0.1) is 0 Å². The van der Waals surface area contributed by atoms with Gasteiger partial charge in [-0.05, 0) is 36.4 Å². The number of para-hydroxylation sites is 1. The van der Waals surface area contributed by atoms with Gasteiger partial charge in [-0.2, -0.15) is 0 Å². The highest BCUT2D eigenvalue weighted by Gasteiger charge is 2.16. The fraction of sp³-hybridized carbons (Fsp3) is 0.0556. The summed E-state index contributed by atoms with van der Waals surface area (Å²) in [6, 6.07) is 15.0. The van der Waals surface area contributed by atoms with Gasteiger partial charge in [-0.25, -0.2) is 0 Å². The molecular weight excluding hydrogens is 322 g/mol. The van der Waals surface area contributed by atoms with E-state index < -0.39 is 11.8 Å². The van der Waals surface area contributed by atoms with E-state index in [1.807, 2.05) is 18.2 Å². The van der Waals surface area contributed by atoms with Crippen LogP contribution in [-0.2, 0) is 0 Å². The fourth-order valence-electron chi connectivity index (χ4n) is 2.27. The molecule has 0 aliphatic rings. The first-order valence-electron chi connectivity index (χ1n) is 7.40. The Morgan fingerprint density at radius 3 is 2.52 bits per heavy atom. The van der Waals surface area contributed by atoms with Crippen molar-refractivity contribution in [2.45, 2.75) is 0 Å². The summed E-state index contributed by atoms with van der Waals surface area (Å²) in [4.78, 5) is 23.3. The minimum atomic E-state index is -0.532. The molecule has 2 amide bonds. The Morgan fingerprint density at radius 1 is 1.12 bits per heavy atom. The molecule has 0 bridgehead atoms. The van der Waals surface area contributed by atoms with Crippen LogP contribution in [0.5, 0.6) is 5.75 Å². The van der Waals surface area contributed by atoms with Crippen LogP contribution in [0.25, 0.3) is 11.3 Å². The van der Waals surface area contributed by atoms with E-state index in [2.05, 4.69) is 10.5 Å². The second-order valence-corrected chi connectivity index (χ2v) is 5.17. The molecule has 2 aromatic carbocycles. The molecule has 0 aliphatic heterocycles. The molecule has 7 heteroatoms. The van der Waals surface area contributed by atoms with Gasteiger partial charge < -0.3 is 20.3 Å². The second-order valence-electron chi connectivity index (χ2n) is 5.17. The maximum Gasteiger partial charge on any atom is 0.277 e. The number of amides is 2. The number of aromatic nitrogens is 1. The van der Waals surface area contributed by atoms with Gasteiger partial charge in [-0.3, -0.25) is 9.59 Å². The van der Waals surface area contributed by atoms with Crippen molar-refractivity contribution >= 4 is 17.5 Å². The topological polar surface area (TPSA) is 107 Å². The third-order valence-corrected chi connectivity index (χ3v) is 3.54. The van der Waals surface area contributed by atoms with Crippen LogP contribution in [0.1, 0.15) is 20.8 Å². The third kappa shape index (κ3) is 3.50. The van der Waals surface area contributed by atoms with E-state index in [0.29, 0.717) is 28.3 Å². The number of carbonyl (C=O) groups is 2. The number of nitrogens with zero attached hydrogens (tertiary/aromatic N) is 1. The van der Waals surface area contributed by atoms with Crippen molar-refractivity contribution in [2.24, 2.45) is 5.73 Å². The van der Waals surface area contributed by atoms with Gasteiger partial charge in [0.2, 0.25) is 5.91 Å². The van der Waals surface area contributed by atoms with Gasteiger partial charge in [0.1, 0.15) is 5.75 Å². The van der Waals surface area contributed by atoms with E-state index in [4.69, 9.17) is 15.0 Å². The molecule has 0 aliphatic carbocycles. The fourth-order valence-corrected chi connectivity index (χ4v) is 2.27. The summed E-state index contributed by atoms with van der Waals surface area (Å²) < 4.78 is 10.5. The molecule has 3 rings (SSSR count). The first kappa shape index (κ1) is 16.3. The number of benzene rings is 2. The molecule has 0 saturated heterocycles. The number of primary amides is 1. The molecule has 7 nitrogen and oxygen atoms in total. The van der Waals surface area contributed by atoms with E-state index in [9.17, 15) is 9.59 Å². The molecule has 0 saturated carbocycles. The lowest BCUT2D eigenvalue weighted by atomic mass is 10.1. The first-order chi connectivity index (χ1) is 12.1. The van der Waals surface area contributed by atoms with Crippen LogP contribution in [0.3, 0.4) is 0 Å². The number of hydrogen-bond acceptors (Lipinski definition) is 5. The van der Waals surface area contributed by atoms with Gasteiger partial charge in [0, 0.05) is 17.3 Å². The van der Waals surface area contributed by atoms with Crippen molar-refractivity contribution in [1.29, 1.82) is 0 Å². The van der Waals surface area contributed by atoms with Crippen LogP contribution in [0.15, 0.2) is 59.1 Å². The van der Waals surface area contributed by atoms with Crippen LogP contribution < -0.4 is 15.8 Å². The normalized spacial score (nSPS) is 10.3. The average molecular weight is 337 g/mol. The second kappa shape index (κ2) is 6.88. The van der Waals surface area contributed by atoms with Crippen molar-refractivity contribution in [3.8, 4) is 17.1 Å². The van der Waals surface area contributed by atoms with Crippen molar-refractivity contribution < 1.29 is 18.8 Å². The lowest BCUT2D eigenvalue weighted by molar-refractivity contribution is 0.0997. The summed E-state index contributed by atoms with van der Waals surface area (Å²) in [6.07, 6.45) is 0. The zero-order valence-electron chi connectivity index (χ0n) is 13.4. The van der Waals surface area contributed by atoms with Crippen LogP contribution >= 0.6 is 0 Å². The number of nitrogens with one attached hydrogen (secondary N) is 1. The van der Waals surface area contributed by atoms with Gasteiger partial charge in [0.05, 0.1) is 12.7 Å². The van der Waals surface area contributed by atoms with Crippen molar-refractivity contribution in [2.75, 3.05) is 12.4 Å². The number of nitrogens with two attached hydrogens (primary N) is 1. The van der Waals surface area contributed by atoms with Crippen molar-refractivity contribution in [3.05, 3.63) is 65.9 Å². The minimum absolute atomic E-state index is 0.125. The quantitative estimate of drug-likeness (QED) is 0.744. The van der Waals surface area contributed by atoms with Gasteiger partial charge in [0.25, 0.3) is 5.91 Å². The maximum absolute atomic E-state index is 12.3. The first-order valence-corrected chi connectivity index (χ1v) is 7.40. The van der Waals surface area contributed by atoms with Crippen LogP contribution in [0.2, 0.25) is 0 Å². The van der Waals surface area contributed by atoms with Gasteiger partial charge in [0.15, 0.2) is 11.5 Å². The molecule has 25 heavy (non-hydrogen) atoms. The summed E-state index contributed by atoms with van der Waals surface area (Å²) in [6.45, 7) is 0. The molecule has 0 spiro atoms. The highest BCUT2D eigenvalue weighted by molar-refractivity contribution is 6.03. The zero-order valence-corrected chi connectivity index (χ0v) is 13.4. The molecule has 0 unspecified atom stereocenters. The Kier molecular flexibility index (Phi) is 4.47. The van der Waals surface area contributed by atoms with E-state index in [1.165, 1.54) is 18.2 Å². The van der Waals surface area contributed by atoms with Gasteiger partial charge in [-0.1, -0.05) is 17.3 Å². The Bertz CT molecular complexity index is 916. The van der Waals surface area contributed by atoms with Crippen LogP contribution in [0.4, 0.5) is 5.69 Å². The predicted molar refractivity (Wildman–Crippen MR) is 91.4 cm³/mol. The number of carbonyl (C=O) groups excluding carboxylic acids is 2. The number of methoxy groups -OCH3 is 1. The van der Waals surface area contributed by atoms with Crippen molar-refractivity contribution in [3.63, 3.8) is 0 Å². The Morgan fingerprint density at radius 2 is 1.84 bits per heavy atom. The third-order valence-electron chi connectivity index (χ3n) is 3.54. The van der Waals surface area contributed by atoms with Gasteiger partial charge in [-0.15, -0.1) is 0 Å². The summed E-state index contributed by atoms with van der Waals surface area (Å²) >= 11 is 0. The Hall–Kier alpha value is -3.61. The largest absolute Gasteiger partial charge is 0.496 e. The average Bonchev–Trinajstić information content (AvgIpc) is 3.12. The molecule has 126 valence electrons. The number of hydrogen-bond donors (Lipinski definition) is 2. The number of anilines is 1. The maximum atomic E-state index is 12.3. The highest BCUT2D eigenvalue weighted by Crippen LogP contribution is 2.30. The van der Waals surface area contributed by atoms with Gasteiger partial charge >= 0.3 is 0 Å². The molecule has 3 aromatic rings. The lowest BCUT2D eigenvalue weighted by Crippen LogP contribution is -2.13. The number of ether oxygens (including phenoxy) is 1. The summed E-state index contributed by atoms with van der Waals surface area (Å²) in [7, 11) is 1.55. The summed E-state index contributed by atoms with van der Waals surface area (Å²) in [5, 5.41) is 6.47. The van der Waals surface area contributed by atoms with Crippen molar-refractivity contribution in [1.82, 2.24) is 5.16 Å².